The van der Waals surface area contributed by atoms with Crippen molar-refractivity contribution >= 4 is 21.6 Å². The second-order valence-electron chi connectivity index (χ2n) is 3.76. The monoisotopic (exact) mass is 318 g/mol. The lowest BCUT2D eigenvalue weighted by atomic mass is 10.2. The van der Waals surface area contributed by atoms with Gasteiger partial charge in [-0.1, -0.05) is 15.9 Å². The summed E-state index contributed by atoms with van der Waals surface area (Å²) in [7, 11) is 1.52. The lowest BCUT2D eigenvalue weighted by molar-refractivity contribution is 0.379. The van der Waals surface area contributed by atoms with E-state index in [2.05, 4.69) is 15.9 Å². The van der Waals surface area contributed by atoms with Gasteiger partial charge in [-0.05, 0) is 30.3 Å². The topological polar surface area (TPSA) is 68.3 Å². The largest absolute Gasteiger partial charge is 0.493 e. The summed E-state index contributed by atoms with van der Waals surface area (Å²) in [4.78, 5) is 0. The molecule has 0 heterocycles. The van der Waals surface area contributed by atoms with Gasteiger partial charge in [0.1, 0.15) is 0 Å². The van der Waals surface area contributed by atoms with E-state index >= 15 is 0 Å². The Morgan fingerprint density at radius 1 is 1.11 bits per heavy atom. The summed E-state index contributed by atoms with van der Waals surface area (Å²) in [5.41, 5.74) is 6.87. The number of ether oxygens (including phenoxy) is 2. The van der Waals surface area contributed by atoms with Crippen LogP contribution < -0.4 is 15.2 Å². The normalized spacial score (nSPS) is 9.74. The summed E-state index contributed by atoms with van der Waals surface area (Å²) in [6.07, 6.45) is 0. The summed E-state index contributed by atoms with van der Waals surface area (Å²) in [6.45, 7) is 0. The Morgan fingerprint density at radius 3 is 2.58 bits per heavy atom. The highest BCUT2D eigenvalue weighted by Crippen LogP contribution is 2.35. The zero-order valence-electron chi connectivity index (χ0n) is 10.2. The van der Waals surface area contributed by atoms with Crippen LogP contribution in [0.4, 0.5) is 5.69 Å². The van der Waals surface area contributed by atoms with Crippen LogP contribution in [0, 0.1) is 11.3 Å². The molecule has 2 rings (SSSR count). The van der Waals surface area contributed by atoms with Crippen LogP contribution in [0.5, 0.6) is 17.2 Å². The fraction of sp³-hybridized carbons (Fsp3) is 0.0714. The maximum Gasteiger partial charge on any atom is 0.169 e. The van der Waals surface area contributed by atoms with Crippen LogP contribution in [0.2, 0.25) is 0 Å². The van der Waals surface area contributed by atoms with Gasteiger partial charge in [-0.3, -0.25) is 0 Å². The van der Waals surface area contributed by atoms with E-state index in [4.69, 9.17) is 20.5 Å². The highest BCUT2D eigenvalue weighted by molar-refractivity contribution is 9.10. The van der Waals surface area contributed by atoms with Gasteiger partial charge in [0.15, 0.2) is 17.2 Å². The summed E-state index contributed by atoms with van der Waals surface area (Å²) in [6, 6.07) is 12.3. The maximum absolute atomic E-state index is 8.85. The van der Waals surface area contributed by atoms with Crippen molar-refractivity contribution in [1.29, 1.82) is 5.26 Å². The average molecular weight is 319 g/mol. The number of hydrogen-bond donors (Lipinski definition) is 1. The first-order valence-corrected chi connectivity index (χ1v) is 6.24. The number of hydrogen-bond acceptors (Lipinski definition) is 4. The van der Waals surface area contributed by atoms with Crippen molar-refractivity contribution in [1.82, 2.24) is 0 Å². The number of nitrogen functional groups attached to an aromatic ring is 1. The Balaban J connectivity index is 2.38. The SMILES string of the molecule is COc1cc(C#N)ccc1Oc1cc(Br)ccc1N. The Kier molecular flexibility index (Phi) is 3.93. The van der Waals surface area contributed by atoms with Crippen LogP contribution >= 0.6 is 15.9 Å². The summed E-state index contributed by atoms with van der Waals surface area (Å²) in [5.74, 6) is 1.52. The zero-order valence-corrected chi connectivity index (χ0v) is 11.8. The number of methoxy groups -OCH3 is 1. The van der Waals surface area contributed by atoms with Gasteiger partial charge in [0.25, 0.3) is 0 Å². The molecule has 0 saturated carbocycles. The van der Waals surface area contributed by atoms with E-state index in [1.54, 1.807) is 30.3 Å². The smallest absolute Gasteiger partial charge is 0.169 e. The fourth-order valence-electron chi connectivity index (χ4n) is 1.54. The maximum atomic E-state index is 8.85. The third-order valence-electron chi connectivity index (χ3n) is 2.49. The fourth-order valence-corrected chi connectivity index (χ4v) is 1.88. The number of halogens is 1. The van der Waals surface area contributed by atoms with E-state index in [1.807, 2.05) is 12.1 Å². The van der Waals surface area contributed by atoms with Crippen molar-refractivity contribution in [2.45, 2.75) is 0 Å². The molecule has 0 bridgehead atoms. The number of benzene rings is 2. The number of nitrogens with zero attached hydrogens (tertiary/aromatic N) is 1. The summed E-state index contributed by atoms with van der Waals surface area (Å²) in [5, 5.41) is 8.85. The molecule has 2 aromatic rings. The highest BCUT2D eigenvalue weighted by atomic mass is 79.9. The molecule has 0 atom stereocenters. The Morgan fingerprint density at radius 2 is 1.89 bits per heavy atom. The molecule has 2 N–H and O–H groups in total. The second kappa shape index (κ2) is 5.63. The number of nitriles is 1. The average Bonchev–Trinajstić information content (AvgIpc) is 2.43. The zero-order chi connectivity index (χ0) is 13.8. The van der Waals surface area contributed by atoms with Gasteiger partial charge >= 0.3 is 0 Å². The van der Waals surface area contributed by atoms with Gasteiger partial charge < -0.3 is 15.2 Å². The Bertz CT molecular complexity index is 650. The third-order valence-corrected chi connectivity index (χ3v) is 2.98. The molecular formula is C14H11BrN2O2. The van der Waals surface area contributed by atoms with Crippen molar-refractivity contribution in [3.05, 3.63) is 46.4 Å². The third kappa shape index (κ3) is 2.98. The molecule has 2 aromatic carbocycles. The van der Waals surface area contributed by atoms with Crippen molar-refractivity contribution in [2.24, 2.45) is 0 Å². The van der Waals surface area contributed by atoms with Crippen molar-refractivity contribution in [3.63, 3.8) is 0 Å². The van der Waals surface area contributed by atoms with Gasteiger partial charge in [0.2, 0.25) is 0 Å². The summed E-state index contributed by atoms with van der Waals surface area (Å²) < 4.78 is 11.8. The molecule has 4 nitrogen and oxygen atoms in total. The van der Waals surface area contributed by atoms with Gasteiger partial charge in [-0.15, -0.1) is 0 Å². The second-order valence-corrected chi connectivity index (χ2v) is 4.68. The Hall–Kier alpha value is -2.19. The molecule has 0 fully saturated rings. The molecular weight excluding hydrogens is 308 g/mol. The van der Waals surface area contributed by atoms with Gasteiger partial charge in [-0.2, -0.15) is 5.26 Å². The van der Waals surface area contributed by atoms with Crippen molar-refractivity contribution in [2.75, 3.05) is 12.8 Å². The number of nitrogens with two attached hydrogens (primary N) is 1. The molecule has 96 valence electrons. The molecule has 0 amide bonds. The molecule has 0 aliphatic heterocycles. The van der Waals surface area contributed by atoms with E-state index in [0.717, 1.165) is 4.47 Å². The molecule has 0 saturated heterocycles. The minimum atomic E-state index is 0.485. The van der Waals surface area contributed by atoms with E-state index in [-0.39, 0.29) is 0 Å². The van der Waals surface area contributed by atoms with Crippen LogP contribution in [0.1, 0.15) is 5.56 Å². The molecule has 0 unspecified atom stereocenters. The highest BCUT2D eigenvalue weighted by Gasteiger charge is 2.09. The molecule has 0 aromatic heterocycles. The van der Waals surface area contributed by atoms with Crippen molar-refractivity contribution in [3.8, 4) is 23.3 Å². The van der Waals surface area contributed by atoms with E-state index in [9.17, 15) is 0 Å². The molecule has 0 aliphatic carbocycles. The predicted molar refractivity (Wildman–Crippen MR) is 76.3 cm³/mol. The number of anilines is 1. The lowest BCUT2D eigenvalue weighted by Gasteiger charge is -2.12. The predicted octanol–water partition coefficient (Wildman–Crippen LogP) is 3.70. The Labute approximate surface area is 119 Å². The first-order chi connectivity index (χ1) is 9.13. The minimum absolute atomic E-state index is 0.485. The molecule has 0 aliphatic rings. The first kappa shape index (κ1) is 13.2. The van der Waals surface area contributed by atoms with Gasteiger partial charge in [0.05, 0.1) is 24.4 Å². The number of rotatable bonds is 3. The van der Waals surface area contributed by atoms with E-state index in [1.165, 1.54) is 7.11 Å². The molecule has 19 heavy (non-hydrogen) atoms. The van der Waals surface area contributed by atoms with Crippen LogP contribution in [0.15, 0.2) is 40.9 Å². The first-order valence-electron chi connectivity index (χ1n) is 5.45. The van der Waals surface area contributed by atoms with Crippen LogP contribution in [0.3, 0.4) is 0 Å². The quantitative estimate of drug-likeness (QED) is 0.876. The van der Waals surface area contributed by atoms with Crippen LogP contribution in [-0.4, -0.2) is 7.11 Å². The van der Waals surface area contributed by atoms with Crippen LogP contribution in [-0.2, 0) is 0 Å². The molecule has 0 spiro atoms. The van der Waals surface area contributed by atoms with Gasteiger partial charge in [-0.25, -0.2) is 0 Å². The standard InChI is InChI=1S/C14H11BrN2O2/c1-18-14-6-9(8-16)2-5-12(14)19-13-7-10(15)3-4-11(13)17/h2-7H,17H2,1H3. The minimum Gasteiger partial charge on any atom is -0.493 e. The van der Waals surface area contributed by atoms with E-state index in [0.29, 0.717) is 28.5 Å². The summed E-state index contributed by atoms with van der Waals surface area (Å²) >= 11 is 3.36. The van der Waals surface area contributed by atoms with E-state index < -0.39 is 0 Å². The lowest BCUT2D eigenvalue weighted by Crippen LogP contribution is -1.94. The van der Waals surface area contributed by atoms with Crippen molar-refractivity contribution < 1.29 is 9.47 Å². The molecule has 5 heteroatoms. The molecule has 0 radical (unpaired) electrons. The van der Waals surface area contributed by atoms with Crippen LogP contribution in [0.25, 0.3) is 0 Å². The van der Waals surface area contributed by atoms with Gasteiger partial charge in [0, 0.05) is 10.5 Å².